The van der Waals surface area contributed by atoms with E-state index >= 15 is 0 Å². The summed E-state index contributed by atoms with van der Waals surface area (Å²) in [4.78, 5) is 0. The maximum Gasteiger partial charge on any atom is 0.352 e. The van der Waals surface area contributed by atoms with Crippen molar-refractivity contribution in [3.05, 3.63) is 0 Å². The summed E-state index contributed by atoms with van der Waals surface area (Å²) in [5, 5.41) is 8.64. The quantitative estimate of drug-likeness (QED) is 0.562. The van der Waals surface area contributed by atoms with Crippen LogP contribution in [0, 0.1) is 0 Å². The second-order valence-corrected chi connectivity index (χ2v) is 2.15. The van der Waals surface area contributed by atoms with Crippen LogP contribution in [0.2, 0.25) is 0 Å². The molecular formula is C5H8O3S. The second kappa shape index (κ2) is 2.98. The molecule has 1 atom stereocenters. The average molecular weight is 148 g/mol. The van der Waals surface area contributed by atoms with Crippen LogP contribution in [0.5, 0.6) is 0 Å². The van der Waals surface area contributed by atoms with Crippen molar-refractivity contribution in [1.82, 2.24) is 0 Å². The Labute approximate surface area is 58.6 Å². The Balaban J connectivity index is 2.22. The van der Waals surface area contributed by atoms with Crippen molar-refractivity contribution in [2.45, 2.75) is 12.5 Å². The van der Waals surface area contributed by atoms with E-state index in [9.17, 15) is 0 Å². The van der Waals surface area contributed by atoms with E-state index in [1.54, 1.807) is 0 Å². The maximum absolute atomic E-state index is 8.43. The average Bonchev–Trinajstić information content (AvgIpc) is 2.17. The molecule has 1 aliphatic rings. The molecule has 0 saturated carbocycles. The largest absolute Gasteiger partial charge is 0.453 e. The van der Waals surface area contributed by atoms with Crippen LogP contribution in [0.4, 0.5) is 0 Å². The minimum absolute atomic E-state index is 0.0255. The molecule has 1 aliphatic heterocycles. The third-order valence-corrected chi connectivity index (χ3v) is 1.32. The molecule has 1 rings (SSSR count). The molecule has 1 unspecified atom stereocenters. The van der Waals surface area contributed by atoms with Crippen molar-refractivity contribution in [2.24, 2.45) is 0 Å². The molecule has 52 valence electrons. The van der Waals surface area contributed by atoms with Crippen LogP contribution in [0.15, 0.2) is 0 Å². The van der Waals surface area contributed by atoms with Gasteiger partial charge in [-0.3, -0.25) is 0 Å². The van der Waals surface area contributed by atoms with E-state index in [0.29, 0.717) is 13.0 Å². The van der Waals surface area contributed by atoms with Gasteiger partial charge in [0.1, 0.15) is 12.7 Å². The molecule has 9 heavy (non-hydrogen) atoms. The van der Waals surface area contributed by atoms with E-state index in [4.69, 9.17) is 14.6 Å². The topological polar surface area (TPSA) is 38.7 Å². The van der Waals surface area contributed by atoms with Crippen molar-refractivity contribution in [1.29, 1.82) is 0 Å². The number of thiocarbonyl (C=S) groups is 1. The van der Waals surface area contributed by atoms with Crippen LogP contribution in [0.25, 0.3) is 0 Å². The number of aliphatic hydroxyl groups excluding tert-OH is 1. The van der Waals surface area contributed by atoms with Crippen molar-refractivity contribution >= 4 is 17.5 Å². The summed E-state index contributed by atoms with van der Waals surface area (Å²) in [6.45, 7) is 0.607. The first-order valence-electron chi connectivity index (χ1n) is 2.77. The van der Waals surface area contributed by atoms with Gasteiger partial charge in [0.2, 0.25) is 0 Å². The van der Waals surface area contributed by atoms with E-state index in [2.05, 4.69) is 12.2 Å². The Morgan fingerprint density at radius 1 is 1.78 bits per heavy atom. The van der Waals surface area contributed by atoms with Gasteiger partial charge in [0.05, 0.1) is 0 Å². The summed E-state index contributed by atoms with van der Waals surface area (Å²) in [5.74, 6) is 0. The Kier molecular flexibility index (Phi) is 2.24. The third-order valence-electron chi connectivity index (χ3n) is 1.10. The first-order chi connectivity index (χ1) is 4.33. The molecule has 0 aromatic heterocycles. The number of ether oxygens (including phenoxy) is 2. The van der Waals surface area contributed by atoms with Gasteiger partial charge >= 0.3 is 5.24 Å². The molecule has 1 saturated heterocycles. The zero-order valence-corrected chi connectivity index (χ0v) is 5.69. The molecule has 1 fully saturated rings. The lowest BCUT2D eigenvalue weighted by Gasteiger charge is -2.01. The van der Waals surface area contributed by atoms with Crippen molar-refractivity contribution < 1.29 is 14.6 Å². The molecule has 1 N–H and O–H groups in total. The van der Waals surface area contributed by atoms with Gasteiger partial charge in [0.25, 0.3) is 0 Å². The van der Waals surface area contributed by atoms with Gasteiger partial charge in [-0.1, -0.05) is 0 Å². The summed E-state index contributed by atoms with van der Waals surface area (Å²) in [6, 6.07) is 0. The summed E-state index contributed by atoms with van der Waals surface area (Å²) in [5.41, 5.74) is 0. The standard InChI is InChI=1S/C5H8O3S/c6-2-1-4-3-7-5(9)8-4/h4,6H,1-3H2. The monoisotopic (exact) mass is 148 g/mol. The predicted molar refractivity (Wildman–Crippen MR) is 35.1 cm³/mol. The first kappa shape index (κ1) is 6.77. The van der Waals surface area contributed by atoms with E-state index in [1.165, 1.54) is 0 Å². The number of hydrogen-bond acceptors (Lipinski definition) is 4. The molecule has 0 radical (unpaired) electrons. The van der Waals surface area contributed by atoms with Gasteiger partial charge in [-0.25, -0.2) is 0 Å². The zero-order valence-electron chi connectivity index (χ0n) is 4.87. The minimum atomic E-state index is -0.0255. The lowest BCUT2D eigenvalue weighted by molar-refractivity contribution is 0.171. The Bertz CT molecular complexity index is 115. The molecule has 0 spiro atoms. The molecule has 4 heteroatoms. The fourth-order valence-electron chi connectivity index (χ4n) is 0.651. The van der Waals surface area contributed by atoms with Crippen LogP contribution < -0.4 is 0 Å². The van der Waals surface area contributed by atoms with Crippen LogP contribution in [-0.4, -0.2) is 29.7 Å². The summed E-state index contributed by atoms with van der Waals surface area (Å²) < 4.78 is 9.77. The van der Waals surface area contributed by atoms with Crippen LogP contribution in [-0.2, 0) is 9.47 Å². The number of hydrogen-bond donors (Lipinski definition) is 1. The zero-order chi connectivity index (χ0) is 6.69. The summed E-state index contributed by atoms with van der Waals surface area (Å²) >= 11 is 4.58. The van der Waals surface area contributed by atoms with E-state index in [1.807, 2.05) is 0 Å². The SMILES string of the molecule is OCCC1COC(=S)O1. The molecule has 0 aliphatic carbocycles. The third kappa shape index (κ3) is 1.80. The number of rotatable bonds is 2. The normalized spacial score (nSPS) is 25.4. The first-order valence-corrected chi connectivity index (χ1v) is 3.18. The van der Waals surface area contributed by atoms with Gasteiger partial charge in [-0.05, 0) is 0 Å². The van der Waals surface area contributed by atoms with Gasteiger partial charge in [0, 0.05) is 25.2 Å². The number of aliphatic hydroxyl groups is 1. The Morgan fingerprint density at radius 3 is 3.00 bits per heavy atom. The lowest BCUT2D eigenvalue weighted by Crippen LogP contribution is -2.11. The fourth-order valence-corrected chi connectivity index (χ4v) is 0.855. The highest BCUT2D eigenvalue weighted by atomic mass is 32.1. The molecule has 0 aromatic rings. The fraction of sp³-hybridized carbons (Fsp3) is 0.800. The Hall–Kier alpha value is -0.350. The smallest absolute Gasteiger partial charge is 0.352 e. The van der Waals surface area contributed by atoms with Crippen LogP contribution >= 0.6 is 12.2 Å². The summed E-state index contributed by atoms with van der Waals surface area (Å²) in [6.07, 6.45) is 0.572. The van der Waals surface area contributed by atoms with E-state index in [0.717, 1.165) is 0 Å². The van der Waals surface area contributed by atoms with E-state index < -0.39 is 0 Å². The maximum atomic E-state index is 8.43. The second-order valence-electron chi connectivity index (χ2n) is 1.81. The Morgan fingerprint density at radius 2 is 2.56 bits per heavy atom. The molecule has 0 amide bonds. The van der Waals surface area contributed by atoms with Crippen LogP contribution in [0.3, 0.4) is 0 Å². The highest BCUT2D eigenvalue weighted by Gasteiger charge is 2.20. The molecule has 3 nitrogen and oxygen atoms in total. The van der Waals surface area contributed by atoms with Crippen molar-refractivity contribution in [2.75, 3.05) is 13.2 Å². The summed E-state index contributed by atoms with van der Waals surface area (Å²) in [7, 11) is 0. The van der Waals surface area contributed by atoms with Gasteiger partial charge in [-0.15, -0.1) is 0 Å². The van der Waals surface area contributed by atoms with Crippen molar-refractivity contribution in [3.63, 3.8) is 0 Å². The minimum Gasteiger partial charge on any atom is -0.453 e. The molecule has 1 heterocycles. The molecule has 0 bridgehead atoms. The molecule has 0 aromatic carbocycles. The van der Waals surface area contributed by atoms with Crippen molar-refractivity contribution in [3.8, 4) is 0 Å². The van der Waals surface area contributed by atoms with Gasteiger partial charge < -0.3 is 14.6 Å². The molecular weight excluding hydrogens is 140 g/mol. The van der Waals surface area contributed by atoms with Gasteiger partial charge in [-0.2, -0.15) is 0 Å². The van der Waals surface area contributed by atoms with E-state index in [-0.39, 0.29) is 17.9 Å². The predicted octanol–water partition coefficient (Wildman–Crippen LogP) is 0.0691. The van der Waals surface area contributed by atoms with Crippen LogP contribution in [0.1, 0.15) is 6.42 Å². The highest BCUT2D eigenvalue weighted by Crippen LogP contribution is 2.08. The van der Waals surface area contributed by atoms with Gasteiger partial charge in [0.15, 0.2) is 0 Å². The highest BCUT2D eigenvalue weighted by molar-refractivity contribution is 7.79. The lowest BCUT2D eigenvalue weighted by atomic mass is 10.3.